The number of nitrogens with zero attached hydrogens (tertiary/aromatic N) is 3. The fraction of sp³-hybridized carbons (Fsp3) is 0.0741. The molecule has 1 aromatic heterocycles. The quantitative estimate of drug-likeness (QED) is 0.152. The highest BCUT2D eigenvalue weighted by molar-refractivity contribution is 7.80. The van der Waals surface area contributed by atoms with Gasteiger partial charge in [0.1, 0.15) is 10.6 Å². The highest BCUT2D eigenvalue weighted by atomic mass is 35.5. The third-order valence-corrected chi connectivity index (χ3v) is 8.08. The molecule has 4 aromatic rings. The van der Waals surface area contributed by atoms with E-state index in [1.807, 2.05) is 72.8 Å². The van der Waals surface area contributed by atoms with Crippen LogP contribution in [0.25, 0.3) is 16.8 Å². The van der Waals surface area contributed by atoms with Crippen molar-refractivity contribution in [2.75, 3.05) is 19.0 Å². The first-order valence-electron chi connectivity index (χ1n) is 10.9. The van der Waals surface area contributed by atoms with Crippen molar-refractivity contribution in [2.45, 2.75) is 0 Å². The molecular formula is C27H19Cl2N3O2S2. The molecule has 0 N–H and O–H groups in total. The largest absolute Gasteiger partial charge is 0.301 e. The number of carbonyl (C=O) groups excluding carboxylic acids is 2. The molecule has 1 fully saturated rings. The summed E-state index contributed by atoms with van der Waals surface area (Å²) in [7, 11) is 3.13. The lowest BCUT2D eigenvalue weighted by Crippen LogP contribution is -2.52. The third-order valence-electron chi connectivity index (χ3n) is 5.94. The summed E-state index contributed by atoms with van der Waals surface area (Å²) in [5.41, 5.74) is 1.91. The standard InChI is InChI=1S/C27H19Cl2N3O2S2/c1-30-25(33)21(26(34)31(2)27(30)35)15-18-11-14-24(36-18)32(17-9-7-16(28)8-10-17)23-13-12-22(29)19-5-3-4-6-20(19)23/h3-15H,1-2H3. The van der Waals surface area contributed by atoms with Crippen molar-refractivity contribution in [3.05, 3.63) is 93.3 Å². The zero-order valence-corrected chi connectivity index (χ0v) is 22.4. The fourth-order valence-corrected chi connectivity index (χ4v) is 5.58. The number of thiophene rings is 1. The lowest BCUT2D eigenvalue weighted by Gasteiger charge is -2.31. The highest BCUT2D eigenvalue weighted by Gasteiger charge is 2.35. The van der Waals surface area contributed by atoms with E-state index < -0.39 is 11.8 Å². The molecule has 36 heavy (non-hydrogen) atoms. The summed E-state index contributed by atoms with van der Waals surface area (Å²) in [4.78, 5) is 31.0. The van der Waals surface area contributed by atoms with E-state index in [4.69, 9.17) is 35.4 Å². The summed E-state index contributed by atoms with van der Waals surface area (Å²) in [6.07, 6.45) is 1.62. The Hall–Kier alpha value is -3.23. The molecule has 5 rings (SSSR count). The van der Waals surface area contributed by atoms with Crippen molar-refractivity contribution in [3.8, 4) is 0 Å². The normalized spacial score (nSPS) is 14.1. The third kappa shape index (κ3) is 4.29. The van der Waals surface area contributed by atoms with Crippen LogP contribution in [0.4, 0.5) is 16.4 Å². The van der Waals surface area contributed by atoms with E-state index in [2.05, 4.69) is 4.90 Å². The van der Waals surface area contributed by atoms with Crippen LogP contribution in [0.2, 0.25) is 10.0 Å². The minimum absolute atomic E-state index is 0.0667. The van der Waals surface area contributed by atoms with Gasteiger partial charge in [-0.25, -0.2) is 0 Å². The molecule has 0 unspecified atom stereocenters. The topological polar surface area (TPSA) is 43.9 Å². The van der Waals surface area contributed by atoms with Crippen LogP contribution in [0.3, 0.4) is 0 Å². The van der Waals surface area contributed by atoms with Crippen molar-refractivity contribution in [3.63, 3.8) is 0 Å². The van der Waals surface area contributed by atoms with Gasteiger partial charge in [0.05, 0.1) is 5.69 Å². The molecule has 0 aliphatic carbocycles. The van der Waals surface area contributed by atoms with E-state index in [9.17, 15) is 9.59 Å². The fourth-order valence-electron chi connectivity index (χ4n) is 4.07. The molecule has 0 bridgehead atoms. The lowest BCUT2D eigenvalue weighted by atomic mass is 10.1. The average Bonchev–Trinajstić information content (AvgIpc) is 3.35. The van der Waals surface area contributed by atoms with E-state index in [0.29, 0.717) is 10.0 Å². The Morgan fingerprint density at radius 1 is 0.833 bits per heavy atom. The number of rotatable bonds is 4. The second-order valence-corrected chi connectivity index (χ2v) is 10.5. The molecule has 9 heteroatoms. The molecule has 2 heterocycles. The summed E-state index contributed by atoms with van der Waals surface area (Å²) < 4.78 is 0. The predicted molar refractivity (Wildman–Crippen MR) is 153 cm³/mol. The van der Waals surface area contributed by atoms with Gasteiger partial charge in [-0.05, 0) is 66.8 Å². The molecule has 1 saturated heterocycles. The average molecular weight is 553 g/mol. The van der Waals surface area contributed by atoms with Gasteiger partial charge in [-0.15, -0.1) is 11.3 Å². The van der Waals surface area contributed by atoms with Crippen LogP contribution in [0.15, 0.2) is 78.4 Å². The molecule has 0 spiro atoms. The van der Waals surface area contributed by atoms with Crippen LogP contribution < -0.4 is 4.90 Å². The number of hydrogen-bond donors (Lipinski definition) is 0. The van der Waals surface area contributed by atoms with Gasteiger partial charge in [0.2, 0.25) is 0 Å². The molecule has 180 valence electrons. The molecule has 0 atom stereocenters. The zero-order valence-electron chi connectivity index (χ0n) is 19.2. The maximum absolute atomic E-state index is 12.8. The molecule has 0 saturated carbocycles. The van der Waals surface area contributed by atoms with Gasteiger partial charge >= 0.3 is 0 Å². The number of likely N-dealkylation sites (N-methyl/N-ethyl adjacent to an activating group) is 2. The summed E-state index contributed by atoms with van der Waals surface area (Å²) in [6, 6.07) is 23.2. The molecule has 5 nitrogen and oxygen atoms in total. The van der Waals surface area contributed by atoms with E-state index >= 15 is 0 Å². The van der Waals surface area contributed by atoms with Crippen molar-refractivity contribution in [1.82, 2.24) is 9.80 Å². The van der Waals surface area contributed by atoms with Crippen molar-refractivity contribution in [1.29, 1.82) is 0 Å². The number of thiocarbonyl (C=S) groups is 1. The predicted octanol–water partition coefficient (Wildman–Crippen LogP) is 7.28. The van der Waals surface area contributed by atoms with Crippen molar-refractivity contribution >= 4 is 96.9 Å². The molecule has 0 radical (unpaired) electrons. The number of amides is 2. The van der Waals surface area contributed by atoms with Gasteiger partial charge in [-0.1, -0.05) is 47.5 Å². The minimum Gasteiger partial charge on any atom is -0.301 e. The Morgan fingerprint density at radius 3 is 2.14 bits per heavy atom. The highest BCUT2D eigenvalue weighted by Crippen LogP contribution is 2.43. The molecular weight excluding hydrogens is 533 g/mol. The molecule has 2 amide bonds. The molecule has 3 aromatic carbocycles. The number of halogens is 2. The second-order valence-electron chi connectivity index (χ2n) is 8.17. The smallest absolute Gasteiger partial charge is 0.265 e. The van der Waals surface area contributed by atoms with Crippen LogP contribution >= 0.6 is 46.8 Å². The maximum Gasteiger partial charge on any atom is 0.265 e. The number of anilines is 3. The van der Waals surface area contributed by atoms with Crippen LogP contribution in [-0.4, -0.2) is 40.8 Å². The van der Waals surface area contributed by atoms with Crippen LogP contribution in [0.5, 0.6) is 0 Å². The second kappa shape index (κ2) is 9.67. The number of fused-ring (bicyclic) bond motifs is 1. The van der Waals surface area contributed by atoms with Crippen molar-refractivity contribution in [2.24, 2.45) is 0 Å². The summed E-state index contributed by atoms with van der Waals surface area (Å²) >= 11 is 19.3. The first kappa shape index (κ1) is 24.5. The van der Waals surface area contributed by atoms with Crippen LogP contribution in [0.1, 0.15) is 4.88 Å². The summed E-state index contributed by atoms with van der Waals surface area (Å²) in [5.74, 6) is -0.840. The molecule has 1 aliphatic rings. The van der Waals surface area contributed by atoms with Gasteiger partial charge in [-0.3, -0.25) is 19.4 Å². The first-order valence-corrected chi connectivity index (χ1v) is 12.9. The summed E-state index contributed by atoms with van der Waals surface area (Å²) in [6.45, 7) is 0. The lowest BCUT2D eigenvalue weighted by molar-refractivity contribution is -0.132. The van der Waals surface area contributed by atoms with Gasteiger partial charge in [0, 0.05) is 45.5 Å². The Bertz CT molecular complexity index is 1540. The minimum atomic E-state index is -0.420. The van der Waals surface area contributed by atoms with E-state index in [-0.39, 0.29) is 10.7 Å². The van der Waals surface area contributed by atoms with Crippen molar-refractivity contribution < 1.29 is 9.59 Å². The number of hydrogen-bond acceptors (Lipinski definition) is 5. The summed E-state index contributed by atoms with van der Waals surface area (Å²) in [5, 5.41) is 4.30. The van der Waals surface area contributed by atoms with Gasteiger partial charge in [-0.2, -0.15) is 0 Å². The number of carbonyl (C=O) groups is 2. The molecule has 1 aliphatic heterocycles. The first-order chi connectivity index (χ1) is 17.3. The van der Waals surface area contributed by atoms with E-state index in [1.165, 1.54) is 21.1 Å². The van der Waals surface area contributed by atoms with E-state index in [1.54, 1.807) is 20.2 Å². The SMILES string of the molecule is CN1C(=O)C(=Cc2ccc(N(c3ccc(Cl)cc3)c3ccc(Cl)c4ccccc34)s2)C(=O)N(C)C1=S. The van der Waals surface area contributed by atoms with Gasteiger partial charge in [0.15, 0.2) is 5.11 Å². The van der Waals surface area contributed by atoms with Gasteiger partial charge < -0.3 is 4.90 Å². The Kier molecular flexibility index (Phi) is 6.57. The Balaban J connectivity index is 1.63. The monoisotopic (exact) mass is 551 g/mol. The Labute approximate surface area is 227 Å². The van der Waals surface area contributed by atoms with Gasteiger partial charge in [0.25, 0.3) is 11.8 Å². The zero-order chi connectivity index (χ0) is 25.6. The van der Waals surface area contributed by atoms with Crippen LogP contribution in [-0.2, 0) is 9.59 Å². The number of benzene rings is 3. The maximum atomic E-state index is 12.8. The van der Waals surface area contributed by atoms with E-state index in [0.717, 1.165) is 32.0 Å². The Morgan fingerprint density at radius 2 is 1.47 bits per heavy atom. The van der Waals surface area contributed by atoms with Crippen LogP contribution in [0, 0.1) is 0 Å².